The molecule has 126 valence electrons. The molecule has 0 aromatic heterocycles. The van der Waals surface area contributed by atoms with Crippen LogP contribution in [-0.2, 0) is 20.9 Å². The van der Waals surface area contributed by atoms with Gasteiger partial charge < -0.3 is 15.0 Å². The molecular weight excluding hydrogens is 310 g/mol. The highest BCUT2D eigenvalue weighted by Gasteiger charge is 2.39. The summed E-state index contributed by atoms with van der Waals surface area (Å²) in [6.07, 6.45) is 0.0319. The van der Waals surface area contributed by atoms with Crippen molar-refractivity contribution < 1.29 is 19.1 Å². The molecule has 7 nitrogen and oxygen atoms in total. The van der Waals surface area contributed by atoms with Crippen LogP contribution in [0.5, 0.6) is 5.75 Å². The van der Waals surface area contributed by atoms with Crippen LogP contribution in [0.25, 0.3) is 0 Å². The second kappa shape index (κ2) is 7.59. The first-order chi connectivity index (χ1) is 11.5. The third-order valence-corrected chi connectivity index (χ3v) is 4.07. The fourth-order valence-corrected chi connectivity index (χ4v) is 2.70. The Labute approximate surface area is 140 Å². The number of benzene rings is 1. The zero-order chi connectivity index (χ0) is 17.7. The Balaban J connectivity index is 2.03. The lowest BCUT2D eigenvalue weighted by Gasteiger charge is -2.17. The minimum Gasteiger partial charge on any atom is -0.497 e. The Morgan fingerprint density at radius 1 is 1.42 bits per heavy atom. The van der Waals surface area contributed by atoms with Gasteiger partial charge in [0.1, 0.15) is 5.75 Å². The maximum atomic E-state index is 12.3. The molecule has 0 bridgehead atoms. The van der Waals surface area contributed by atoms with Crippen LogP contribution in [-0.4, -0.2) is 43.2 Å². The quantitative estimate of drug-likeness (QED) is 0.766. The Kier molecular flexibility index (Phi) is 5.53. The van der Waals surface area contributed by atoms with Gasteiger partial charge in [-0.2, -0.15) is 5.26 Å². The van der Waals surface area contributed by atoms with E-state index in [2.05, 4.69) is 5.32 Å². The number of amides is 2. The maximum Gasteiger partial charge on any atom is 0.244 e. The molecule has 7 heteroatoms. The maximum absolute atomic E-state index is 12.3. The van der Waals surface area contributed by atoms with Gasteiger partial charge >= 0.3 is 0 Å². The Morgan fingerprint density at radius 2 is 2.08 bits per heavy atom. The van der Waals surface area contributed by atoms with Gasteiger partial charge in [0.15, 0.2) is 11.7 Å². The van der Waals surface area contributed by atoms with Crippen LogP contribution in [0.4, 0.5) is 0 Å². The van der Waals surface area contributed by atoms with E-state index in [4.69, 9.17) is 10.00 Å². The largest absolute Gasteiger partial charge is 0.497 e. The zero-order valence-electron chi connectivity index (χ0n) is 13.6. The van der Waals surface area contributed by atoms with Crippen molar-refractivity contribution in [2.45, 2.75) is 13.0 Å². The van der Waals surface area contributed by atoms with E-state index >= 15 is 0 Å². The van der Waals surface area contributed by atoms with Crippen molar-refractivity contribution in [2.75, 3.05) is 20.7 Å². The van der Waals surface area contributed by atoms with Crippen LogP contribution >= 0.6 is 0 Å². The van der Waals surface area contributed by atoms with Crippen LogP contribution in [0.15, 0.2) is 24.3 Å². The molecule has 0 unspecified atom stereocenters. The highest BCUT2D eigenvalue weighted by atomic mass is 16.5. The Hall–Kier alpha value is -2.88. The second-order valence-corrected chi connectivity index (χ2v) is 5.60. The molecule has 1 aromatic rings. The van der Waals surface area contributed by atoms with Gasteiger partial charge in [-0.3, -0.25) is 14.4 Å². The fraction of sp³-hybridized carbons (Fsp3) is 0.412. The van der Waals surface area contributed by atoms with E-state index in [9.17, 15) is 14.4 Å². The number of likely N-dealkylation sites (tertiary alicyclic amines) is 1. The van der Waals surface area contributed by atoms with Gasteiger partial charge in [0, 0.05) is 32.5 Å². The number of ketones is 1. The number of nitrogens with one attached hydrogen (secondary N) is 1. The van der Waals surface area contributed by atoms with Crippen molar-refractivity contribution in [1.29, 1.82) is 5.26 Å². The number of Topliss-reactive ketones (excluding diaryl/α,β-unsaturated/α-hetero) is 1. The van der Waals surface area contributed by atoms with Crippen LogP contribution in [0.1, 0.15) is 12.0 Å². The molecule has 1 saturated heterocycles. The summed E-state index contributed by atoms with van der Waals surface area (Å²) in [5, 5.41) is 11.3. The lowest BCUT2D eigenvalue weighted by atomic mass is 9.92. The minimum absolute atomic E-state index is 0.0319. The number of carbonyl (C=O) groups is 3. The summed E-state index contributed by atoms with van der Waals surface area (Å²) in [7, 11) is 2.95. The topological polar surface area (TPSA) is 99.5 Å². The summed E-state index contributed by atoms with van der Waals surface area (Å²) in [5.41, 5.74) is 0.917. The van der Waals surface area contributed by atoms with E-state index in [1.54, 1.807) is 30.2 Å². The monoisotopic (exact) mass is 329 g/mol. The summed E-state index contributed by atoms with van der Waals surface area (Å²) >= 11 is 0. The molecule has 0 spiro atoms. The highest BCUT2D eigenvalue weighted by Crippen LogP contribution is 2.24. The average Bonchev–Trinajstić information content (AvgIpc) is 2.96. The number of carbonyl (C=O) groups excluding carboxylic acids is 3. The van der Waals surface area contributed by atoms with E-state index in [0.29, 0.717) is 6.54 Å². The second-order valence-electron chi connectivity index (χ2n) is 5.60. The van der Waals surface area contributed by atoms with E-state index in [0.717, 1.165) is 11.3 Å². The SMILES string of the molecule is CNC(=O)[C@@H](C#N)C(=O)[C@@H]1CC(=O)N(Cc2ccc(OC)cc2)C1. The number of nitriles is 1. The standard InChI is InChI=1S/C17H19N3O4/c1-19-17(23)14(8-18)16(22)12-7-15(21)20(10-12)9-11-3-5-13(24-2)6-4-11/h3-6,12,14H,7,9-10H2,1-2H3,(H,19,23)/t12-,14+/m1/s1. The molecule has 0 aliphatic carbocycles. The number of methoxy groups -OCH3 is 1. The molecule has 0 radical (unpaired) electrons. The van der Waals surface area contributed by atoms with Crippen molar-refractivity contribution in [3.63, 3.8) is 0 Å². The molecule has 0 saturated carbocycles. The molecule has 2 atom stereocenters. The van der Waals surface area contributed by atoms with E-state index in [-0.39, 0.29) is 18.9 Å². The predicted molar refractivity (Wildman–Crippen MR) is 84.7 cm³/mol. The Bertz CT molecular complexity index is 678. The third-order valence-electron chi connectivity index (χ3n) is 4.07. The molecule has 2 rings (SSSR count). The average molecular weight is 329 g/mol. The van der Waals surface area contributed by atoms with Crippen LogP contribution in [0.3, 0.4) is 0 Å². The predicted octanol–water partition coefficient (Wildman–Crippen LogP) is 0.499. The molecule has 1 aliphatic heterocycles. The van der Waals surface area contributed by atoms with Crippen molar-refractivity contribution in [3.8, 4) is 11.8 Å². The number of hydrogen-bond acceptors (Lipinski definition) is 5. The van der Waals surface area contributed by atoms with Gasteiger partial charge in [0.05, 0.1) is 13.2 Å². The lowest BCUT2D eigenvalue weighted by Crippen LogP contribution is -2.36. The minimum atomic E-state index is -1.37. The summed E-state index contributed by atoms with van der Waals surface area (Å²) < 4.78 is 5.09. The van der Waals surface area contributed by atoms with Crippen molar-refractivity contribution >= 4 is 17.6 Å². The summed E-state index contributed by atoms with van der Waals surface area (Å²) in [6, 6.07) is 9.02. The molecule has 1 fully saturated rings. The highest BCUT2D eigenvalue weighted by molar-refractivity contribution is 6.06. The Morgan fingerprint density at radius 3 is 2.62 bits per heavy atom. The smallest absolute Gasteiger partial charge is 0.244 e. The molecular formula is C17H19N3O4. The summed E-state index contributed by atoms with van der Waals surface area (Å²) in [4.78, 5) is 37.6. The van der Waals surface area contributed by atoms with Gasteiger partial charge in [0.25, 0.3) is 0 Å². The van der Waals surface area contributed by atoms with Gasteiger partial charge in [-0.25, -0.2) is 0 Å². The summed E-state index contributed by atoms with van der Waals surface area (Å²) in [5.74, 6) is -2.56. The number of hydrogen-bond donors (Lipinski definition) is 1. The van der Waals surface area contributed by atoms with Gasteiger partial charge in [-0.15, -0.1) is 0 Å². The first kappa shape index (κ1) is 17.5. The zero-order valence-corrected chi connectivity index (χ0v) is 13.6. The molecule has 1 aromatic carbocycles. The summed E-state index contributed by atoms with van der Waals surface area (Å²) in [6.45, 7) is 0.600. The molecule has 2 amide bonds. The van der Waals surface area contributed by atoms with Crippen molar-refractivity contribution in [3.05, 3.63) is 29.8 Å². The van der Waals surface area contributed by atoms with Gasteiger partial charge in [0.2, 0.25) is 11.8 Å². The van der Waals surface area contributed by atoms with E-state index in [1.807, 2.05) is 12.1 Å². The van der Waals surface area contributed by atoms with Crippen LogP contribution in [0, 0.1) is 23.2 Å². The fourth-order valence-electron chi connectivity index (χ4n) is 2.70. The van der Waals surface area contributed by atoms with Crippen molar-refractivity contribution in [2.24, 2.45) is 11.8 Å². The van der Waals surface area contributed by atoms with E-state index in [1.165, 1.54) is 7.05 Å². The number of rotatable bonds is 6. The first-order valence-electron chi connectivity index (χ1n) is 7.55. The number of ether oxygens (including phenoxy) is 1. The molecule has 1 aliphatic rings. The van der Waals surface area contributed by atoms with Crippen molar-refractivity contribution in [1.82, 2.24) is 10.2 Å². The number of nitrogens with zero attached hydrogens (tertiary/aromatic N) is 2. The van der Waals surface area contributed by atoms with Gasteiger partial charge in [-0.05, 0) is 17.7 Å². The normalized spacial score (nSPS) is 18.0. The van der Waals surface area contributed by atoms with Crippen LogP contribution in [0.2, 0.25) is 0 Å². The molecule has 24 heavy (non-hydrogen) atoms. The molecule has 1 N–H and O–H groups in total. The lowest BCUT2D eigenvalue weighted by molar-refractivity contribution is -0.134. The van der Waals surface area contributed by atoms with Gasteiger partial charge in [-0.1, -0.05) is 12.1 Å². The first-order valence-corrected chi connectivity index (χ1v) is 7.55. The van der Waals surface area contributed by atoms with Crippen LogP contribution < -0.4 is 10.1 Å². The molecule has 1 heterocycles. The van der Waals surface area contributed by atoms with E-state index < -0.39 is 23.5 Å². The third kappa shape index (κ3) is 3.71.